The highest BCUT2D eigenvalue weighted by Crippen LogP contribution is 2.37. The number of aliphatic hydroxyl groups is 1. The Morgan fingerprint density at radius 1 is 0.962 bits per heavy atom. The fraction of sp³-hybridized carbons (Fsp3) is 0.350. The van der Waals surface area contributed by atoms with E-state index in [9.17, 15) is 9.90 Å². The minimum atomic E-state index is -1.93. The van der Waals surface area contributed by atoms with Crippen LogP contribution in [0, 0.1) is 0 Å². The lowest BCUT2D eigenvalue weighted by molar-refractivity contribution is -0.133. The van der Waals surface area contributed by atoms with Gasteiger partial charge in [0.25, 0.3) is 5.91 Å². The molecule has 0 radical (unpaired) electrons. The van der Waals surface area contributed by atoms with Gasteiger partial charge in [0.2, 0.25) is 0 Å². The van der Waals surface area contributed by atoms with Crippen molar-refractivity contribution >= 4 is 18.5 Å². The summed E-state index contributed by atoms with van der Waals surface area (Å²) in [5.41, 5.74) is 4.20. The van der Waals surface area contributed by atoms with Crippen molar-refractivity contribution in [3.63, 3.8) is 0 Å². The van der Waals surface area contributed by atoms with Crippen LogP contribution in [0.4, 0.5) is 0 Å². The topological polar surface area (TPSA) is 81.8 Å². The fourth-order valence-electron chi connectivity index (χ4n) is 3.02. The molecule has 0 aliphatic carbocycles. The Labute approximate surface area is 154 Å². The van der Waals surface area contributed by atoms with Crippen LogP contribution in [0.2, 0.25) is 0 Å². The third kappa shape index (κ3) is 2.94. The Balaban J connectivity index is 2.03. The third-order valence-corrected chi connectivity index (χ3v) is 5.38. The second-order valence-corrected chi connectivity index (χ2v) is 7.65. The van der Waals surface area contributed by atoms with E-state index in [-0.39, 0.29) is 0 Å². The van der Waals surface area contributed by atoms with Crippen molar-refractivity contribution in [3.8, 4) is 0 Å². The number of hydrogen-bond acceptors (Lipinski definition) is 4. The highest BCUT2D eigenvalue weighted by Gasteiger charge is 2.52. The number of nitrogens with two attached hydrogens (primary N) is 1. The lowest BCUT2D eigenvalue weighted by Crippen LogP contribution is -2.43. The van der Waals surface area contributed by atoms with Crippen molar-refractivity contribution in [1.82, 2.24) is 0 Å². The molecule has 1 aliphatic rings. The molecule has 1 amide bonds. The molecule has 1 atom stereocenters. The molecule has 136 valence electrons. The van der Waals surface area contributed by atoms with E-state index in [2.05, 4.69) is 0 Å². The van der Waals surface area contributed by atoms with E-state index in [1.165, 1.54) is 0 Å². The minimum absolute atomic E-state index is 0.378. The summed E-state index contributed by atoms with van der Waals surface area (Å²) in [6, 6.07) is 15.6. The van der Waals surface area contributed by atoms with Crippen LogP contribution in [0.5, 0.6) is 0 Å². The molecule has 2 aromatic carbocycles. The SMILES string of the molecule is CC1(C)OB(c2cccc(C(O)(C(N)=O)c3ccccc3)c2)OC1(C)C. The van der Waals surface area contributed by atoms with Crippen LogP contribution in [0.3, 0.4) is 0 Å². The van der Waals surface area contributed by atoms with Crippen molar-refractivity contribution in [2.45, 2.75) is 44.5 Å². The van der Waals surface area contributed by atoms with Crippen molar-refractivity contribution in [3.05, 3.63) is 65.7 Å². The van der Waals surface area contributed by atoms with E-state index in [0.717, 1.165) is 5.46 Å². The molecule has 0 bridgehead atoms. The summed E-state index contributed by atoms with van der Waals surface area (Å²) in [7, 11) is -0.590. The molecule has 6 heteroatoms. The summed E-state index contributed by atoms with van der Waals surface area (Å²) in [4.78, 5) is 12.2. The Morgan fingerprint density at radius 3 is 2.04 bits per heavy atom. The number of rotatable bonds is 4. The van der Waals surface area contributed by atoms with E-state index in [1.807, 2.05) is 39.8 Å². The van der Waals surface area contributed by atoms with Gasteiger partial charge in [-0.3, -0.25) is 4.79 Å². The van der Waals surface area contributed by atoms with Gasteiger partial charge >= 0.3 is 7.12 Å². The van der Waals surface area contributed by atoms with Crippen LogP contribution in [0.25, 0.3) is 0 Å². The van der Waals surface area contributed by atoms with Crippen LogP contribution >= 0.6 is 0 Å². The molecule has 2 aromatic rings. The van der Waals surface area contributed by atoms with Crippen LogP contribution < -0.4 is 11.2 Å². The van der Waals surface area contributed by atoms with Gasteiger partial charge in [0, 0.05) is 0 Å². The predicted molar refractivity (Wildman–Crippen MR) is 101 cm³/mol. The Morgan fingerprint density at radius 2 is 1.50 bits per heavy atom. The van der Waals surface area contributed by atoms with Gasteiger partial charge in [-0.1, -0.05) is 54.6 Å². The van der Waals surface area contributed by atoms with Crippen LogP contribution in [-0.2, 0) is 19.7 Å². The summed E-state index contributed by atoms with van der Waals surface area (Å²) in [6.07, 6.45) is 0. The second kappa shape index (κ2) is 6.23. The first-order valence-corrected chi connectivity index (χ1v) is 8.62. The molecule has 26 heavy (non-hydrogen) atoms. The zero-order valence-electron chi connectivity index (χ0n) is 15.5. The first-order chi connectivity index (χ1) is 12.1. The highest BCUT2D eigenvalue weighted by molar-refractivity contribution is 6.62. The van der Waals surface area contributed by atoms with Crippen molar-refractivity contribution in [1.29, 1.82) is 0 Å². The fourth-order valence-corrected chi connectivity index (χ4v) is 3.02. The van der Waals surface area contributed by atoms with E-state index in [0.29, 0.717) is 11.1 Å². The predicted octanol–water partition coefficient (Wildman–Crippen LogP) is 1.71. The first kappa shape index (κ1) is 18.6. The van der Waals surface area contributed by atoms with E-state index < -0.39 is 29.8 Å². The summed E-state index contributed by atoms with van der Waals surface area (Å²) in [5, 5.41) is 11.1. The van der Waals surface area contributed by atoms with Gasteiger partial charge < -0.3 is 20.1 Å². The monoisotopic (exact) mass is 353 g/mol. The zero-order chi connectivity index (χ0) is 19.2. The van der Waals surface area contributed by atoms with Gasteiger partial charge in [-0.15, -0.1) is 0 Å². The molecular formula is C20H24BNO4. The van der Waals surface area contributed by atoms with Crippen LogP contribution in [0.1, 0.15) is 38.8 Å². The van der Waals surface area contributed by atoms with Crippen molar-refractivity contribution in [2.24, 2.45) is 5.73 Å². The summed E-state index contributed by atoms with van der Waals surface area (Å²) in [5.74, 6) is -0.838. The standard InChI is InChI=1S/C20H24BNO4/c1-18(2)19(3,4)26-21(25-18)16-12-8-11-15(13-16)20(24,17(22)23)14-9-6-5-7-10-14/h5-13,24H,1-4H3,(H2,22,23). The molecule has 1 aliphatic heterocycles. The number of benzene rings is 2. The molecular weight excluding hydrogens is 329 g/mol. The number of carbonyl (C=O) groups excluding carboxylic acids is 1. The van der Waals surface area contributed by atoms with E-state index in [4.69, 9.17) is 15.0 Å². The first-order valence-electron chi connectivity index (χ1n) is 8.62. The maximum Gasteiger partial charge on any atom is 0.494 e. The Kier molecular flexibility index (Phi) is 4.47. The highest BCUT2D eigenvalue weighted by atomic mass is 16.7. The Bertz CT molecular complexity index is 806. The average Bonchev–Trinajstić information content (AvgIpc) is 2.82. The largest absolute Gasteiger partial charge is 0.494 e. The molecule has 3 N–H and O–H groups in total. The lowest BCUT2D eigenvalue weighted by atomic mass is 9.75. The molecule has 1 heterocycles. The lowest BCUT2D eigenvalue weighted by Gasteiger charge is -2.32. The molecule has 0 aromatic heterocycles. The third-order valence-electron chi connectivity index (χ3n) is 5.38. The van der Waals surface area contributed by atoms with Crippen molar-refractivity contribution in [2.75, 3.05) is 0 Å². The van der Waals surface area contributed by atoms with Crippen LogP contribution in [-0.4, -0.2) is 29.3 Å². The molecule has 5 nitrogen and oxygen atoms in total. The normalized spacial score (nSPS) is 20.6. The molecule has 3 rings (SSSR count). The average molecular weight is 353 g/mol. The summed E-state index contributed by atoms with van der Waals surface area (Å²) in [6.45, 7) is 7.89. The summed E-state index contributed by atoms with van der Waals surface area (Å²) < 4.78 is 12.1. The molecule has 1 fully saturated rings. The Hall–Kier alpha value is -2.15. The number of primary amides is 1. The van der Waals surface area contributed by atoms with E-state index in [1.54, 1.807) is 42.5 Å². The number of amides is 1. The van der Waals surface area contributed by atoms with Crippen LogP contribution in [0.15, 0.2) is 54.6 Å². The van der Waals surface area contributed by atoms with Gasteiger partial charge in [-0.05, 0) is 44.3 Å². The molecule has 0 saturated carbocycles. The maximum absolute atomic E-state index is 12.2. The van der Waals surface area contributed by atoms with Gasteiger partial charge in [0.15, 0.2) is 5.60 Å². The number of hydrogen-bond donors (Lipinski definition) is 2. The maximum atomic E-state index is 12.2. The second-order valence-electron chi connectivity index (χ2n) is 7.65. The molecule has 1 saturated heterocycles. The summed E-state index contributed by atoms with van der Waals surface area (Å²) >= 11 is 0. The smallest absolute Gasteiger partial charge is 0.399 e. The van der Waals surface area contributed by atoms with Gasteiger partial charge in [0.05, 0.1) is 11.2 Å². The van der Waals surface area contributed by atoms with Gasteiger partial charge in [-0.2, -0.15) is 0 Å². The quantitative estimate of drug-likeness (QED) is 0.820. The molecule has 0 spiro atoms. The zero-order valence-corrected chi connectivity index (χ0v) is 15.5. The molecule has 1 unspecified atom stereocenters. The minimum Gasteiger partial charge on any atom is -0.399 e. The van der Waals surface area contributed by atoms with Gasteiger partial charge in [-0.25, -0.2) is 0 Å². The van der Waals surface area contributed by atoms with E-state index >= 15 is 0 Å². The number of carbonyl (C=O) groups is 1. The van der Waals surface area contributed by atoms with Gasteiger partial charge in [0.1, 0.15) is 0 Å². The van der Waals surface area contributed by atoms with Crippen molar-refractivity contribution < 1.29 is 19.2 Å².